The molecule has 0 saturated heterocycles. The van der Waals surface area contributed by atoms with Crippen LogP contribution in [0.4, 0.5) is 0 Å². The Hall–Kier alpha value is -1.02. The van der Waals surface area contributed by atoms with E-state index in [2.05, 4.69) is 20.6 Å². The molecular formula is C3H7N5O2S. The third kappa shape index (κ3) is 1.71. The third-order valence-electron chi connectivity index (χ3n) is 1.22. The van der Waals surface area contributed by atoms with Crippen LogP contribution in [0.1, 0.15) is 18.0 Å². The maximum atomic E-state index is 10.7. The van der Waals surface area contributed by atoms with Crippen LogP contribution in [0.5, 0.6) is 0 Å². The SMILES string of the molecule is CC(c1nn[nH]n1)S(N)(=O)=O. The second-order valence-corrected chi connectivity index (χ2v) is 3.89. The Morgan fingerprint density at radius 2 is 2.27 bits per heavy atom. The molecule has 0 spiro atoms. The molecule has 0 bridgehead atoms. The van der Waals surface area contributed by atoms with Crippen LogP contribution in [0.3, 0.4) is 0 Å². The van der Waals surface area contributed by atoms with Gasteiger partial charge in [-0.2, -0.15) is 5.21 Å². The van der Waals surface area contributed by atoms with Crippen molar-refractivity contribution in [2.45, 2.75) is 12.2 Å². The van der Waals surface area contributed by atoms with Crippen LogP contribution >= 0.6 is 0 Å². The number of H-pyrrole nitrogens is 1. The van der Waals surface area contributed by atoms with Crippen LogP contribution < -0.4 is 5.14 Å². The van der Waals surface area contributed by atoms with Gasteiger partial charge in [0.15, 0.2) is 5.82 Å². The van der Waals surface area contributed by atoms with Crippen molar-refractivity contribution in [3.8, 4) is 0 Å². The number of rotatable bonds is 2. The predicted octanol–water partition coefficient (Wildman–Crippen LogP) is -1.45. The molecule has 11 heavy (non-hydrogen) atoms. The number of aromatic nitrogens is 4. The van der Waals surface area contributed by atoms with Crippen molar-refractivity contribution in [2.75, 3.05) is 0 Å². The molecule has 1 heterocycles. The summed E-state index contributed by atoms with van der Waals surface area (Å²) in [5.41, 5.74) is 0. The van der Waals surface area contributed by atoms with Crippen LogP contribution in [0.25, 0.3) is 0 Å². The smallest absolute Gasteiger partial charge is 0.219 e. The van der Waals surface area contributed by atoms with Crippen molar-refractivity contribution in [3.05, 3.63) is 5.82 Å². The van der Waals surface area contributed by atoms with Gasteiger partial charge in [-0.15, -0.1) is 10.2 Å². The molecule has 0 amide bonds. The Kier molecular flexibility index (Phi) is 1.87. The fourth-order valence-electron chi connectivity index (χ4n) is 0.489. The largest absolute Gasteiger partial charge is 0.228 e. The molecule has 0 aliphatic carbocycles. The van der Waals surface area contributed by atoms with E-state index in [1.807, 2.05) is 0 Å². The van der Waals surface area contributed by atoms with Gasteiger partial charge in [0.2, 0.25) is 10.0 Å². The summed E-state index contributed by atoms with van der Waals surface area (Å²) in [7, 11) is -3.61. The van der Waals surface area contributed by atoms with E-state index < -0.39 is 15.3 Å². The van der Waals surface area contributed by atoms with Gasteiger partial charge >= 0.3 is 0 Å². The summed E-state index contributed by atoms with van der Waals surface area (Å²) in [5.74, 6) is 0.0764. The lowest BCUT2D eigenvalue weighted by Crippen LogP contribution is -2.20. The first kappa shape index (κ1) is 8.08. The second kappa shape index (κ2) is 2.55. The fourth-order valence-corrected chi connectivity index (χ4v) is 0.882. The number of aromatic amines is 1. The first-order valence-corrected chi connectivity index (χ1v) is 4.37. The highest BCUT2D eigenvalue weighted by atomic mass is 32.2. The van der Waals surface area contributed by atoms with Crippen LogP contribution in [0.2, 0.25) is 0 Å². The molecular weight excluding hydrogens is 170 g/mol. The monoisotopic (exact) mass is 177 g/mol. The highest BCUT2D eigenvalue weighted by Crippen LogP contribution is 2.11. The number of hydrogen-bond donors (Lipinski definition) is 2. The van der Waals surface area contributed by atoms with E-state index in [0.717, 1.165) is 0 Å². The molecule has 0 saturated carbocycles. The van der Waals surface area contributed by atoms with Gasteiger partial charge in [0, 0.05) is 0 Å². The standard InChI is InChI=1S/C3H7N5O2S/c1-2(11(4,9)10)3-5-7-8-6-3/h2H,1H3,(H2,4,9,10)(H,5,6,7,8). The van der Waals surface area contributed by atoms with Crippen molar-refractivity contribution in [1.82, 2.24) is 20.6 Å². The van der Waals surface area contributed by atoms with Gasteiger partial charge in [0.25, 0.3) is 0 Å². The molecule has 1 rings (SSSR count). The van der Waals surface area contributed by atoms with E-state index in [1.165, 1.54) is 6.92 Å². The quantitative estimate of drug-likeness (QED) is 0.573. The average molecular weight is 177 g/mol. The van der Waals surface area contributed by atoms with Crippen molar-refractivity contribution >= 4 is 10.0 Å². The molecule has 0 aliphatic heterocycles. The maximum absolute atomic E-state index is 10.7. The summed E-state index contributed by atoms with van der Waals surface area (Å²) in [4.78, 5) is 0. The predicted molar refractivity (Wildman–Crippen MR) is 35.7 cm³/mol. The fraction of sp³-hybridized carbons (Fsp3) is 0.667. The molecule has 0 aliphatic rings. The van der Waals surface area contributed by atoms with Gasteiger partial charge in [-0.1, -0.05) is 5.21 Å². The Morgan fingerprint density at radius 3 is 2.64 bits per heavy atom. The van der Waals surface area contributed by atoms with Crippen LogP contribution in [0, 0.1) is 0 Å². The minimum atomic E-state index is -3.61. The minimum Gasteiger partial charge on any atom is -0.228 e. The molecule has 1 aromatic heterocycles. The summed E-state index contributed by atoms with van der Waals surface area (Å²) >= 11 is 0. The van der Waals surface area contributed by atoms with E-state index in [-0.39, 0.29) is 5.82 Å². The van der Waals surface area contributed by atoms with E-state index in [1.54, 1.807) is 0 Å². The number of primary sulfonamides is 1. The summed E-state index contributed by atoms with van der Waals surface area (Å²) in [6.45, 7) is 1.39. The first-order chi connectivity index (χ1) is 5.02. The van der Waals surface area contributed by atoms with E-state index in [9.17, 15) is 8.42 Å². The summed E-state index contributed by atoms with van der Waals surface area (Å²) in [5, 5.41) is 16.2. The molecule has 8 heteroatoms. The third-order valence-corrected chi connectivity index (χ3v) is 2.41. The molecule has 7 nitrogen and oxygen atoms in total. The van der Waals surface area contributed by atoms with Crippen molar-refractivity contribution in [3.63, 3.8) is 0 Å². The molecule has 0 aromatic carbocycles. The van der Waals surface area contributed by atoms with E-state index in [4.69, 9.17) is 5.14 Å². The van der Waals surface area contributed by atoms with Gasteiger partial charge < -0.3 is 0 Å². The van der Waals surface area contributed by atoms with Gasteiger partial charge in [-0.05, 0) is 6.92 Å². The lowest BCUT2D eigenvalue weighted by molar-refractivity contribution is 0.585. The Bertz CT molecular complexity index is 316. The molecule has 0 fully saturated rings. The summed E-state index contributed by atoms with van der Waals surface area (Å²) in [6, 6.07) is 0. The molecule has 0 radical (unpaired) electrons. The summed E-state index contributed by atoms with van der Waals surface area (Å²) in [6.07, 6.45) is 0. The Labute approximate surface area is 63.0 Å². The Morgan fingerprint density at radius 1 is 1.64 bits per heavy atom. The van der Waals surface area contributed by atoms with Gasteiger partial charge in [-0.25, -0.2) is 13.6 Å². The highest BCUT2D eigenvalue weighted by Gasteiger charge is 2.21. The zero-order chi connectivity index (χ0) is 8.48. The minimum absolute atomic E-state index is 0.0764. The number of nitrogens with one attached hydrogen (secondary N) is 1. The topological polar surface area (TPSA) is 115 Å². The van der Waals surface area contributed by atoms with Crippen molar-refractivity contribution in [1.29, 1.82) is 0 Å². The van der Waals surface area contributed by atoms with Crippen molar-refractivity contribution < 1.29 is 8.42 Å². The first-order valence-electron chi connectivity index (χ1n) is 2.77. The molecule has 1 unspecified atom stereocenters. The molecule has 1 aromatic rings. The summed E-state index contributed by atoms with van der Waals surface area (Å²) < 4.78 is 21.4. The zero-order valence-corrected chi connectivity index (χ0v) is 6.54. The number of nitrogens with two attached hydrogens (primary N) is 1. The molecule has 3 N–H and O–H groups in total. The molecule has 62 valence electrons. The average Bonchev–Trinajstić information content (AvgIpc) is 2.34. The lowest BCUT2D eigenvalue weighted by Gasteiger charge is -2.00. The Balaban J connectivity index is 2.97. The highest BCUT2D eigenvalue weighted by molar-refractivity contribution is 7.89. The number of hydrogen-bond acceptors (Lipinski definition) is 5. The van der Waals surface area contributed by atoms with Crippen LogP contribution in [-0.4, -0.2) is 29.0 Å². The van der Waals surface area contributed by atoms with Crippen LogP contribution in [0.15, 0.2) is 0 Å². The van der Waals surface area contributed by atoms with E-state index in [0.29, 0.717) is 0 Å². The number of nitrogens with zero attached hydrogens (tertiary/aromatic N) is 3. The number of tetrazole rings is 1. The lowest BCUT2D eigenvalue weighted by atomic mass is 10.5. The zero-order valence-electron chi connectivity index (χ0n) is 5.72. The maximum Gasteiger partial charge on any atom is 0.219 e. The van der Waals surface area contributed by atoms with Gasteiger partial charge in [-0.3, -0.25) is 0 Å². The van der Waals surface area contributed by atoms with Crippen LogP contribution in [-0.2, 0) is 10.0 Å². The van der Waals surface area contributed by atoms with E-state index >= 15 is 0 Å². The van der Waals surface area contributed by atoms with Gasteiger partial charge in [0.1, 0.15) is 5.25 Å². The second-order valence-electron chi connectivity index (χ2n) is 2.00. The molecule has 1 atom stereocenters. The van der Waals surface area contributed by atoms with Gasteiger partial charge in [0.05, 0.1) is 0 Å². The normalized spacial score (nSPS) is 14.7. The van der Waals surface area contributed by atoms with Crippen molar-refractivity contribution in [2.24, 2.45) is 5.14 Å². The number of sulfonamides is 1.